The van der Waals surface area contributed by atoms with Gasteiger partial charge in [-0.25, -0.2) is 9.97 Å². The highest BCUT2D eigenvalue weighted by molar-refractivity contribution is 5.98. The summed E-state index contributed by atoms with van der Waals surface area (Å²) in [7, 11) is 0. The lowest BCUT2D eigenvalue weighted by Gasteiger charge is -2.31. The van der Waals surface area contributed by atoms with Gasteiger partial charge in [0.25, 0.3) is 5.91 Å². The number of aromatic nitrogens is 2. The fraction of sp³-hybridized carbons (Fsp3) is 0.400. The number of nitrogens with one attached hydrogen (secondary N) is 2. The van der Waals surface area contributed by atoms with E-state index in [2.05, 4.69) is 20.6 Å². The van der Waals surface area contributed by atoms with Gasteiger partial charge in [-0.15, -0.1) is 0 Å². The lowest BCUT2D eigenvalue weighted by molar-refractivity contribution is -0.120. The molecule has 2 heterocycles. The standard InChI is InChI=1S/C20H23N5O2/c26-18(23-16-7-8-16)14-4-1-6-17(12-14)24-19(27)15-5-2-11-25(13-15)20-21-9-3-10-22-20/h1,3-4,6,9-10,12,15-16H,2,5,7-8,11,13H2,(H,23,26)(H,24,27). The predicted octanol–water partition coefficient (Wildman–Crippen LogP) is 2.22. The van der Waals surface area contributed by atoms with Gasteiger partial charge in [0.15, 0.2) is 0 Å². The fourth-order valence-corrected chi connectivity index (χ4v) is 3.31. The maximum atomic E-state index is 12.7. The highest BCUT2D eigenvalue weighted by Crippen LogP contribution is 2.23. The lowest BCUT2D eigenvalue weighted by atomic mass is 9.97. The molecule has 1 saturated carbocycles. The maximum absolute atomic E-state index is 12.7. The highest BCUT2D eigenvalue weighted by Gasteiger charge is 2.27. The Labute approximate surface area is 158 Å². The Bertz CT molecular complexity index is 822. The Morgan fingerprint density at radius 3 is 2.67 bits per heavy atom. The number of hydrogen-bond donors (Lipinski definition) is 2. The van der Waals surface area contributed by atoms with Gasteiger partial charge >= 0.3 is 0 Å². The van der Waals surface area contributed by atoms with E-state index in [1.54, 1.807) is 36.7 Å². The smallest absolute Gasteiger partial charge is 0.251 e. The van der Waals surface area contributed by atoms with E-state index in [9.17, 15) is 9.59 Å². The Balaban J connectivity index is 1.39. The molecule has 1 unspecified atom stereocenters. The van der Waals surface area contributed by atoms with Crippen molar-refractivity contribution < 1.29 is 9.59 Å². The molecule has 1 aromatic heterocycles. The van der Waals surface area contributed by atoms with Crippen LogP contribution in [0.5, 0.6) is 0 Å². The third kappa shape index (κ3) is 4.42. The minimum absolute atomic E-state index is 0.0321. The van der Waals surface area contributed by atoms with Gasteiger partial charge in [-0.05, 0) is 49.9 Å². The average molecular weight is 365 g/mol. The molecule has 2 aromatic rings. The minimum Gasteiger partial charge on any atom is -0.349 e. The van der Waals surface area contributed by atoms with Crippen molar-refractivity contribution in [3.05, 3.63) is 48.3 Å². The molecule has 2 N–H and O–H groups in total. The summed E-state index contributed by atoms with van der Waals surface area (Å²) in [5.74, 6) is 0.411. The summed E-state index contributed by atoms with van der Waals surface area (Å²) >= 11 is 0. The van der Waals surface area contributed by atoms with E-state index in [1.165, 1.54) is 0 Å². The molecule has 1 atom stereocenters. The van der Waals surface area contributed by atoms with Gasteiger partial charge in [-0.3, -0.25) is 9.59 Å². The van der Waals surface area contributed by atoms with Crippen molar-refractivity contribution in [3.8, 4) is 0 Å². The predicted molar refractivity (Wildman–Crippen MR) is 103 cm³/mol. The largest absolute Gasteiger partial charge is 0.349 e. The third-order valence-electron chi connectivity index (χ3n) is 4.93. The summed E-state index contributed by atoms with van der Waals surface area (Å²) in [6, 6.07) is 9.20. The van der Waals surface area contributed by atoms with Crippen molar-refractivity contribution in [1.82, 2.24) is 15.3 Å². The maximum Gasteiger partial charge on any atom is 0.251 e. The second kappa shape index (κ2) is 7.73. The molecule has 2 amide bonds. The molecule has 27 heavy (non-hydrogen) atoms. The normalized spacial score (nSPS) is 19.4. The van der Waals surface area contributed by atoms with Crippen molar-refractivity contribution in [2.75, 3.05) is 23.3 Å². The number of nitrogens with zero attached hydrogens (tertiary/aromatic N) is 3. The average Bonchev–Trinajstić information content (AvgIpc) is 3.53. The minimum atomic E-state index is -0.133. The molecule has 0 radical (unpaired) electrons. The molecule has 7 heteroatoms. The fourth-order valence-electron chi connectivity index (χ4n) is 3.31. The van der Waals surface area contributed by atoms with Gasteiger partial charge in [-0.1, -0.05) is 6.07 Å². The molecule has 1 aromatic carbocycles. The molecule has 7 nitrogen and oxygen atoms in total. The van der Waals surface area contributed by atoms with Crippen LogP contribution in [0.3, 0.4) is 0 Å². The number of amides is 2. The topological polar surface area (TPSA) is 87.2 Å². The molecule has 0 spiro atoms. The monoisotopic (exact) mass is 365 g/mol. The first kappa shape index (κ1) is 17.5. The Morgan fingerprint density at radius 1 is 1.07 bits per heavy atom. The second-order valence-electron chi connectivity index (χ2n) is 7.15. The van der Waals surface area contributed by atoms with E-state index >= 15 is 0 Å². The summed E-state index contributed by atoms with van der Waals surface area (Å²) in [5.41, 5.74) is 1.22. The second-order valence-corrected chi connectivity index (χ2v) is 7.15. The van der Waals surface area contributed by atoms with Crippen LogP contribution in [0.25, 0.3) is 0 Å². The van der Waals surface area contributed by atoms with Crippen molar-refractivity contribution in [1.29, 1.82) is 0 Å². The molecular weight excluding hydrogens is 342 g/mol. The first-order valence-corrected chi connectivity index (χ1v) is 9.43. The third-order valence-corrected chi connectivity index (χ3v) is 4.93. The number of piperidine rings is 1. The molecule has 1 saturated heterocycles. The Hall–Kier alpha value is -2.96. The van der Waals surface area contributed by atoms with Crippen LogP contribution in [0.2, 0.25) is 0 Å². The van der Waals surface area contributed by atoms with Gasteiger partial charge in [0.2, 0.25) is 11.9 Å². The number of rotatable bonds is 5. The summed E-state index contributed by atoms with van der Waals surface area (Å²) in [4.78, 5) is 35.5. The summed E-state index contributed by atoms with van der Waals surface area (Å²) in [5, 5.41) is 5.93. The van der Waals surface area contributed by atoms with E-state index in [0.717, 1.165) is 32.2 Å². The van der Waals surface area contributed by atoms with Gasteiger partial charge in [0.05, 0.1) is 5.92 Å². The van der Waals surface area contributed by atoms with Crippen LogP contribution in [0.15, 0.2) is 42.7 Å². The first-order chi connectivity index (χ1) is 13.2. The molecule has 1 aliphatic carbocycles. The van der Waals surface area contributed by atoms with Crippen LogP contribution in [0.4, 0.5) is 11.6 Å². The van der Waals surface area contributed by atoms with Crippen LogP contribution < -0.4 is 15.5 Å². The highest BCUT2D eigenvalue weighted by atomic mass is 16.2. The Morgan fingerprint density at radius 2 is 1.89 bits per heavy atom. The first-order valence-electron chi connectivity index (χ1n) is 9.43. The van der Waals surface area contributed by atoms with Gasteiger partial charge in [0, 0.05) is 42.8 Å². The zero-order valence-electron chi connectivity index (χ0n) is 15.1. The number of anilines is 2. The SMILES string of the molecule is O=C(NC1CC1)c1cccc(NC(=O)C2CCCN(c3ncccn3)C2)c1. The lowest BCUT2D eigenvalue weighted by Crippen LogP contribution is -2.41. The zero-order valence-corrected chi connectivity index (χ0v) is 15.1. The van der Waals surface area contributed by atoms with E-state index in [-0.39, 0.29) is 17.7 Å². The van der Waals surface area contributed by atoms with Crippen LogP contribution in [-0.4, -0.2) is 40.9 Å². The van der Waals surface area contributed by atoms with Crippen molar-refractivity contribution in [2.45, 2.75) is 31.7 Å². The summed E-state index contributed by atoms with van der Waals surface area (Å²) in [6.07, 6.45) is 7.27. The van der Waals surface area contributed by atoms with Gasteiger partial charge in [-0.2, -0.15) is 0 Å². The molecule has 1 aliphatic heterocycles. The van der Waals surface area contributed by atoms with Crippen molar-refractivity contribution >= 4 is 23.5 Å². The number of carbonyl (C=O) groups excluding carboxylic acids is 2. The molecule has 140 valence electrons. The Kier molecular flexibility index (Phi) is 5.00. The number of hydrogen-bond acceptors (Lipinski definition) is 5. The number of benzene rings is 1. The quantitative estimate of drug-likeness (QED) is 0.848. The van der Waals surface area contributed by atoms with Crippen LogP contribution in [0, 0.1) is 5.92 Å². The van der Waals surface area contributed by atoms with Gasteiger partial charge in [0.1, 0.15) is 0 Å². The molecule has 0 bridgehead atoms. The van der Waals surface area contributed by atoms with E-state index in [1.807, 2.05) is 11.0 Å². The molecule has 4 rings (SSSR count). The molecule has 2 fully saturated rings. The van der Waals surface area contributed by atoms with E-state index in [4.69, 9.17) is 0 Å². The zero-order chi connectivity index (χ0) is 18.6. The van der Waals surface area contributed by atoms with Crippen LogP contribution in [0.1, 0.15) is 36.0 Å². The van der Waals surface area contributed by atoms with Crippen LogP contribution >= 0.6 is 0 Å². The number of carbonyl (C=O) groups is 2. The summed E-state index contributed by atoms with van der Waals surface area (Å²) in [6.45, 7) is 1.45. The van der Waals surface area contributed by atoms with E-state index in [0.29, 0.717) is 29.8 Å². The molecular formula is C20H23N5O2. The van der Waals surface area contributed by atoms with Gasteiger partial charge < -0.3 is 15.5 Å². The molecule has 2 aliphatic rings. The van der Waals surface area contributed by atoms with Crippen LogP contribution in [-0.2, 0) is 4.79 Å². The van der Waals surface area contributed by atoms with Crippen molar-refractivity contribution in [3.63, 3.8) is 0 Å². The van der Waals surface area contributed by atoms with E-state index < -0.39 is 0 Å². The summed E-state index contributed by atoms with van der Waals surface area (Å²) < 4.78 is 0. The van der Waals surface area contributed by atoms with Crippen molar-refractivity contribution in [2.24, 2.45) is 5.92 Å².